The van der Waals surface area contributed by atoms with Gasteiger partial charge in [-0.3, -0.25) is 4.79 Å². The van der Waals surface area contributed by atoms with Gasteiger partial charge in [0.1, 0.15) is 17.1 Å². The number of ether oxygens (including phenoxy) is 2. The number of rotatable bonds is 5. The minimum Gasteiger partial charge on any atom is -0.508 e. The van der Waals surface area contributed by atoms with E-state index in [2.05, 4.69) is 4.74 Å². The number of carbonyl (C=O) groups is 2. The van der Waals surface area contributed by atoms with Crippen LogP contribution in [0, 0.1) is 0 Å². The van der Waals surface area contributed by atoms with E-state index >= 15 is 0 Å². The monoisotopic (exact) mass is 269 g/mol. The molecule has 0 aromatic heterocycles. The summed E-state index contributed by atoms with van der Waals surface area (Å²) in [4.78, 5) is 22.6. The lowest BCUT2D eigenvalue weighted by molar-refractivity contribution is -0.138. The number of methoxy groups -OCH3 is 2. The lowest BCUT2D eigenvalue weighted by Crippen LogP contribution is -2.21. The highest BCUT2D eigenvalue weighted by atomic mass is 16.5. The molecule has 0 fully saturated rings. The number of hydrogen-bond donors (Lipinski definition) is 3. The van der Waals surface area contributed by atoms with Crippen LogP contribution in [0.2, 0.25) is 0 Å². The molecule has 0 aliphatic rings. The van der Waals surface area contributed by atoms with Crippen LogP contribution in [0.4, 0.5) is 0 Å². The van der Waals surface area contributed by atoms with E-state index in [9.17, 15) is 14.7 Å². The van der Waals surface area contributed by atoms with Crippen LogP contribution in [-0.4, -0.2) is 42.9 Å². The van der Waals surface area contributed by atoms with Gasteiger partial charge in [-0.2, -0.15) is 0 Å². The van der Waals surface area contributed by atoms with Crippen molar-refractivity contribution in [1.29, 1.82) is 0 Å². The molecular formula is C12H15NO6. The van der Waals surface area contributed by atoms with Gasteiger partial charge in [-0.15, -0.1) is 0 Å². The first-order chi connectivity index (χ1) is 8.96. The number of aliphatic carboxylic acids is 1. The number of esters is 1. The van der Waals surface area contributed by atoms with Gasteiger partial charge >= 0.3 is 11.9 Å². The Morgan fingerprint density at radius 3 is 2.42 bits per heavy atom. The average Bonchev–Trinajstić information content (AvgIpc) is 2.39. The van der Waals surface area contributed by atoms with E-state index in [-0.39, 0.29) is 29.2 Å². The van der Waals surface area contributed by atoms with Gasteiger partial charge in [-0.1, -0.05) is 0 Å². The van der Waals surface area contributed by atoms with Crippen LogP contribution in [-0.2, 0) is 9.53 Å². The Morgan fingerprint density at radius 2 is 2.00 bits per heavy atom. The highest BCUT2D eigenvalue weighted by Gasteiger charge is 2.25. The standard InChI is InChI=1S/C12H15NO6/c1-18-10-4-9(14)6(8(5-13)11(15)16)3-7(10)12(17)19-2/h3-4,8,14H,5,13H2,1-2H3,(H,15,16). The first kappa shape index (κ1) is 14.8. The van der Waals surface area contributed by atoms with Crippen LogP contribution in [0.3, 0.4) is 0 Å². The third kappa shape index (κ3) is 2.94. The summed E-state index contributed by atoms with van der Waals surface area (Å²) >= 11 is 0. The van der Waals surface area contributed by atoms with Gasteiger partial charge in [-0.05, 0) is 6.07 Å². The Bertz CT molecular complexity index is 499. The molecule has 1 atom stereocenters. The number of carboxylic acids is 1. The highest BCUT2D eigenvalue weighted by molar-refractivity contribution is 5.93. The number of hydrogen-bond acceptors (Lipinski definition) is 6. The fraction of sp³-hybridized carbons (Fsp3) is 0.333. The van der Waals surface area contributed by atoms with Gasteiger partial charge in [-0.25, -0.2) is 4.79 Å². The fourth-order valence-electron chi connectivity index (χ4n) is 1.66. The van der Waals surface area contributed by atoms with Gasteiger partial charge in [0.05, 0.1) is 20.1 Å². The fourth-order valence-corrected chi connectivity index (χ4v) is 1.66. The summed E-state index contributed by atoms with van der Waals surface area (Å²) in [6.45, 7) is -0.212. The van der Waals surface area contributed by atoms with Crippen molar-refractivity contribution in [3.05, 3.63) is 23.3 Å². The summed E-state index contributed by atoms with van der Waals surface area (Å²) in [5.41, 5.74) is 5.43. The van der Waals surface area contributed by atoms with Crippen LogP contribution in [0.15, 0.2) is 12.1 Å². The number of nitrogens with two attached hydrogens (primary N) is 1. The van der Waals surface area contributed by atoms with Gasteiger partial charge in [0.25, 0.3) is 0 Å². The van der Waals surface area contributed by atoms with Crippen molar-refractivity contribution in [2.45, 2.75) is 5.92 Å². The summed E-state index contributed by atoms with van der Waals surface area (Å²) in [5.74, 6) is -3.22. The maximum atomic E-state index is 11.6. The number of benzene rings is 1. The van der Waals surface area contributed by atoms with Crippen molar-refractivity contribution in [3.63, 3.8) is 0 Å². The maximum absolute atomic E-state index is 11.6. The maximum Gasteiger partial charge on any atom is 0.341 e. The first-order valence-corrected chi connectivity index (χ1v) is 5.38. The number of carboxylic acid groups (broad SMARTS) is 1. The van der Waals surface area contributed by atoms with Crippen LogP contribution < -0.4 is 10.5 Å². The van der Waals surface area contributed by atoms with Crippen LogP contribution in [0.1, 0.15) is 21.8 Å². The highest BCUT2D eigenvalue weighted by Crippen LogP contribution is 2.33. The molecule has 0 radical (unpaired) electrons. The molecule has 1 unspecified atom stereocenters. The van der Waals surface area contributed by atoms with E-state index < -0.39 is 17.9 Å². The second-order valence-corrected chi connectivity index (χ2v) is 3.73. The molecule has 1 aromatic carbocycles. The Hall–Kier alpha value is -2.28. The molecule has 1 aromatic rings. The number of carbonyl (C=O) groups excluding carboxylic acids is 1. The zero-order valence-corrected chi connectivity index (χ0v) is 10.5. The molecule has 19 heavy (non-hydrogen) atoms. The minimum absolute atomic E-state index is 0.0255. The molecule has 1 rings (SSSR count). The van der Waals surface area contributed by atoms with E-state index in [0.717, 1.165) is 6.07 Å². The van der Waals surface area contributed by atoms with E-state index in [0.29, 0.717) is 0 Å². The SMILES string of the molecule is COC(=O)c1cc(C(CN)C(=O)O)c(O)cc1OC. The molecule has 0 aliphatic carbocycles. The number of phenols is 1. The molecule has 0 heterocycles. The van der Waals surface area contributed by atoms with E-state index in [1.54, 1.807) is 0 Å². The summed E-state index contributed by atoms with van der Waals surface area (Å²) < 4.78 is 9.51. The van der Waals surface area contributed by atoms with Crippen molar-refractivity contribution >= 4 is 11.9 Å². The van der Waals surface area contributed by atoms with Gasteiger partial charge in [0.2, 0.25) is 0 Å². The smallest absolute Gasteiger partial charge is 0.341 e. The number of aromatic hydroxyl groups is 1. The van der Waals surface area contributed by atoms with Gasteiger partial charge in [0, 0.05) is 18.2 Å². The Balaban J connectivity index is 3.42. The van der Waals surface area contributed by atoms with E-state index in [1.807, 2.05) is 0 Å². The Labute approximate surface area is 109 Å². The van der Waals surface area contributed by atoms with Crippen molar-refractivity contribution in [2.24, 2.45) is 5.73 Å². The predicted molar refractivity (Wildman–Crippen MR) is 65.4 cm³/mol. The van der Waals surface area contributed by atoms with Gasteiger partial charge < -0.3 is 25.4 Å². The summed E-state index contributed by atoms with van der Waals surface area (Å²) in [6, 6.07) is 2.37. The minimum atomic E-state index is -1.20. The van der Waals surface area contributed by atoms with E-state index in [1.165, 1.54) is 20.3 Å². The van der Waals surface area contributed by atoms with Crippen molar-refractivity contribution in [1.82, 2.24) is 0 Å². The Morgan fingerprint density at radius 1 is 1.37 bits per heavy atom. The first-order valence-electron chi connectivity index (χ1n) is 5.38. The van der Waals surface area contributed by atoms with Crippen molar-refractivity contribution in [2.75, 3.05) is 20.8 Å². The molecule has 0 amide bonds. The molecule has 104 valence electrons. The molecule has 0 saturated carbocycles. The largest absolute Gasteiger partial charge is 0.508 e. The molecule has 7 nitrogen and oxygen atoms in total. The van der Waals surface area contributed by atoms with Crippen molar-refractivity contribution < 1.29 is 29.3 Å². The van der Waals surface area contributed by atoms with Crippen LogP contribution in [0.25, 0.3) is 0 Å². The third-order valence-electron chi connectivity index (χ3n) is 2.66. The molecule has 7 heteroatoms. The molecule has 0 aliphatic heterocycles. The summed E-state index contributed by atoms with van der Waals surface area (Å²) in [5, 5.41) is 18.8. The van der Waals surface area contributed by atoms with Gasteiger partial charge in [0.15, 0.2) is 0 Å². The molecule has 0 saturated heterocycles. The Kier molecular flexibility index (Phi) is 4.71. The summed E-state index contributed by atoms with van der Waals surface area (Å²) in [7, 11) is 2.50. The lowest BCUT2D eigenvalue weighted by Gasteiger charge is -2.15. The molecule has 0 spiro atoms. The second-order valence-electron chi connectivity index (χ2n) is 3.73. The van der Waals surface area contributed by atoms with E-state index in [4.69, 9.17) is 15.6 Å². The van der Waals surface area contributed by atoms with Crippen molar-refractivity contribution in [3.8, 4) is 11.5 Å². The lowest BCUT2D eigenvalue weighted by atomic mass is 9.95. The van der Waals surface area contributed by atoms with Crippen LogP contribution in [0.5, 0.6) is 11.5 Å². The topological polar surface area (TPSA) is 119 Å². The zero-order valence-electron chi connectivity index (χ0n) is 10.5. The molecular weight excluding hydrogens is 254 g/mol. The third-order valence-corrected chi connectivity index (χ3v) is 2.66. The average molecular weight is 269 g/mol. The normalized spacial score (nSPS) is 11.7. The quantitative estimate of drug-likeness (QED) is 0.658. The second kappa shape index (κ2) is 6.05. The summed E-state index contributed by atoms with van der Waals surface area (Å²) in [6.07, 6.45) is 0. The zero-order chi connectivity index (χ0) is 14.6. The molecule has 0 bridgehead atoms. The molecule has 4 N–H and O–H groups in total. The number of phenolic OH excluding ortho intramolecular Hbond substituents is 1. The van der Waals surface area contributed by atoms with Crippen LogP contribution >= 0.6 is 0 Å². The predicted octanol–water partition coefficient (Wildman–Crippen LogP) is 0.314.